The van der Waals surface area contributed by atoms with Crippen LogP contribution >= 0.6 is 0 Å². The Balaban J connectivity index is 1.08. The van der Waals surface area contributed by atoms with E-state index >= 15 is 0 Å². The van der Waals surface area contributed by atoms with Crippen molar-refractivity contribution in [1.29, 1.82) is 0 Å². The highest BCUT2D eigenvalue weighted by atomic mass is 16.5. The predicted octanol–water partition coefficient (Wildman–Crippen LogP) is 8.32. The molecule has 0 radical (unpaired) electrons. The van der Waals surface area contributed by atoms with Crippen LogP contribution in [0.25, 0.3) is 0 Å². The summed E-state index contributed by atoms with van der Waals surface area (Å²) in [5.74, 6) is 2.81. The maximum Gasteiger partial charge on any atom is 0.242 e. The van der Waals surface area contributed by atoms with Gasteiger partial charge in [-0.05, 0) is 130 Å². The van der Waals surface area contributed by atoms with Crippen molar-refractivity contribution in [1.82, 2.24) is 15.1 Å². The van der Waals surface area contributed by atoms with Gasteiger partial charge in [-0.3, -0.25) is 14.5 Å². The first-order chi connectivity index (χ1) is 25.6. The summed E-state index contributed by atoms with van der Waals surface area (Å²) in [6, 6.07) is 10.2. The van der Waals surface area contributed by atoms with Crippen LogP contribution in [0.15, 0.2) is 53.1 Å². The first kappa shape index (κ1) is 41.2. The van der Waals surface area contributed by atoms with Crippen LogP contribution in [0.1, 0.15) is 126 Å². The Morgan fingerprint density at radius 2 is 1.85 bits per heavy atom. The van der Waals surface area contributed by atoms with Crippen LogP contribution in [0.2, 0.25) is 0 Å². The minimum absolute atomic E-state index is 0.0437. The molecule has 2 N–H and O–H groups in total. The van der Waals surface area contributed by atoms with Gasteiger partial charge in [0.25, 0.3) is 0 Å². The lowest BCUT2D eigenvalue weighted by Crippen LogP contribution is -2.57. The summed E-state index contributed by atoms with van der Waals surface area (Å²) in [6.07, 6.45) is 11.9. The van der Waals surface area contributed by atoms with E-state index in [2.05, 4.69) is 82.1 Å². The van der Waals surface area contributed by atoms with Gasteiger partial charge < -0.3 is 20.1 Å². The number of fused-ring (bicyclic) bond motifs is 6. The van der Waals surface area contributed by atoms with E-state index in [0.717, 1.165) is 51.1 Å². The number of piperidine rings is 1. The minimum atomic E-state index is -0.528. The Labute approximate surface area is 327 Å². The smallest absolute Gasteiger partial charge is 0.242 e. The molecule has 300 valence electrons. The van der Waals surface area contributed by atoms with E-state index in [-0.39, 0.29) is 40.8 Å². The number of likely N-dealkylation sites (tertiary alicyclic amines) is 1. The summed E-state index contributed by atoms with van der Waals surface area (Å²) in [7, 11) is 0. The number of allylic oxidation sites excluding steroid dienone is 2. The molecule has 1 saturated heterocycles. The maximum absolute atomic E-state index is 13.8. The molecule has 7 heteroatoms. The van der Waals surface area contributed by atoms with Crippen LogP contribution in [0, 0.1) is 40.9 Å². The number of nitrogens with one attached hydrogen (secondary N) is 1. The average molecular weight is 744 g/mol. The van der Waals surface area contributed by atoms with Crippen LogP contribution in [0.5, 0.6) is 0 Å². The van der Waals surface area contributed by atoms with E-state index in [1.807, 2.05) is 26.8 Å². The molecule has 7 nitrogen and oxygen atoms in total. The van der Waals surface area contributed by atoms with Gasteiger partial charge in [-0.1, -0.05) is 89.1 Å². The van der Waals surface area contributed by atoms with Gasteiger partial charge in [0.15, 0.2) is 0 Å². The molecule has 6 rings (SSSR count). The highest BCUT2D eigenvalue weighted by Crippen LogP contribution is 2.62. The minimum Gasteiger partial charge on any atom is -0.389 e. The molecule has 11 atom stereocenters. The van der Waals surface area contributed by atoms with E-state index in [9.17, 15) is 14.7 Å². The van der Waals surface area contributed by atoms with Crippen molar-refractivity contribution in [2.45, 2.75) is 150 Å². The maximum atomic E-state index is 13.8. The van der Waals surface area contributed by atoms with Crippen molar-refractivity contribution in [3.63, 3.8) is 0 Å². The highest BCUT2D eigenvalue weighted by molar-refractivity contribution is 5.88. The molecule has 1 aromatic rings. The number of aliphatic hydroxyl groups excluding tert-OH is 1. The molecule has 5 aliphatic rings. The number of rotatable bonds is 10. The molecule has 2 heterocycles. The molecule has 0 aromatic heterocycles. The number of amides is 2. The summed E-state index contributed by atoms with van der Waals surface area (Å²) < 4.78 is 6.96. The van der Waals surface area contributed by atoms with Gasteiger partial charge in [-0.15, -0.1) is 0 Å². The zero-order chi connectivity index (χ0) is 38.9. The topological polar surface area (TPSA) is 82.1 Å². The van der Waals surface area contributed by atoms with Crippen LogP contribution in [0.3, 0.4) is 0 Å². The third-order valence-electron chi connectivity index (χ3n) is 15.1. The van der Waals surface area contributed by atoms with Crippen molar-refractivity contribution in [2.75, 3.05) is 32.8 Å². The zero-order valence-corrected chi connectivity index (χ0v) is 35.2. The van der Waals surface area contributed by atoms with Gasteiger partial charge in [-0.2, -0.15) is 0 Å². The fourth-order valence-corrected chi connectivity index (χ4v) is 12.1. The van der Waals surface area contributed by atoms with E-state index in [0.29, 0.717) is 49.4 Å². The number of hydrogen-bond acceptors (Lipinski definition) is 5. The lowest BCUT2D eigenvalue weighted by atomic mass is 9.56. The monoisotopic (exact) mass is 744 g/mol. The second-order valence-corrected chi connectivity index (χ2v) is 19.3. The van der Waals surface area contributed by atoms with Crippen molar-refractivity contribution >= 4 is 11.8 Å². The second-order valence-electron chi connectivity index (χ2n) is 19.3. The number of ether oxygens (including phenoxy) is 1. The van der Waals surface area contributed by atoms with Crippen molar-refractivity contribution in [2.24, 2.45) is 40.9 Å². The molecule has 54 heavy (non-hydrogen) atoms. The summed E-state index contributed by atoms with van der Waals surface area (Å²) in [5.41, 5.74) is 5.98. The zero-order valence-electron chi connectivity index (χ0n) is 35.2. The third-order valence-corrected chi connectivity index (χ3v) is 15.1. The second kappa shape index (κ2) is 16.9. The van der Waals surface area contributed by atoms with E-state index < -0.39 is 6.04 Å². The van der Waals surface area contributed by atoms with Gasteiger partial charge in [0.1, 0.15) is 6.04 Å². The normalized spacial score (nSPS) is 34.4. The van der Waals surface area contributed by atoms with E-state index in [1.165, 1.54) is 42.4 Å². The lowest BCUT2D eigenvalue weighted by Gasteiger charge is -2.49. The Hall–Kier alpha value is -2.48. The molecular weight excluding hydrogens is 671 g/mol. The van der Waals surface area contributed by atoms with Gasteiger partial charge in [0.05, 0.1) is 18.8 Å². The molecule has 1 aromatic carbocycles. The Morgan fingerprint density at radius 1 is 1.11 bits per heavy atom. The molecule has 3 aliphatic carbocycles. The molecule has 11 unspecified atom stereocenters. The van der Waals surface area contributed by atoms with Crippen LogP contribution in [-0.2, 0) is 19.7 Å². The Morgan fingerprint density at radius 3 is 2.57 bits per heavy atom. The van der Waals surface area contributed by atoms with Crippen molar-refractivity contribution < 1.29 is 19.4 Å². The quantitative estimate of drug-likeness (QED) is 0.236. The summed E-state index contributed by atoms with van der Waals surface area (Å²) in [6.45, 7) is 23.5. The first-order valence-electron chi connectivity index (χ1n) is 21.7. The third kappa shape index (κ3) is 8.44. The molecular formula is C47H73N3O4. The average Bonchev–Trinajstić information content (AvgIpc) is 3.53. The Kier molecular flexibility index (Phi) is 12.9. The summed E-state index contributed by atoms with van der Waals surface area (Å²) in [4.78, 5) is 31.8. The van der Waals surface area contributed by atoms with Gasteiger partial charge >= 0.3 is 0 Å². The van der Waals surface area contributed by atoms with Crippen LogP contribution < -0.4 is 5.32 Å². The number of benzene rings is 1. The number of carbonyl (C=O) groups excluding carboxylic acids is 2. The first-order valence-corrected chi connectivity index (χ1v) is 21.7. The molecule has 2 aliphatic heterocycles. The molecule has 0 bridgehead atoms. The predicted molar refractivity (Wildman–Crippen MR) is 219 cm³/mol. The molecule has 3 fully saturated rings. The van der Waals surface area contributed by atoms with Gasteiger partial charge in [0.2, 0.25) is 11.8 Å². The molecule has 2 amide bonds. The van der Waals surface area contributed by atoms with Gasteiger partial charge in [-0.25, -0.2) is 0 Å². The van der Waals surface area contributed by atoms with Gasteiger partial charge in [0, 0.05) is 38.1 Å². The fraction of sp³-hybridized carbons (Fsp3) is 0.745. The summed E-state index contributed by atoms with van der Waals surface area (Å²) >= 11 is 0. The SMILES string of the molecule is CCN(C(=O)C(C)CC(C)(C)c1ccccc1)C(C)C(=O)NCCN1CC(C)CC2OCC(C)=C3CC4C(CCC5=CC(O)CCC54C)C3CCC(C)C21. The standard InChI is InChI=1S/C47H73N3O4/c1-10-50(45(53)32(4)27-46(7,8)35-14-12-11-13-15-35)34(6)44(52)48-22-23-49-28-30(2)24-42-43(49)31(3)16-18-38-39-19-17-36-25-37(51)20-21-47(36,9)41(39)26-40(38)33(5)29-54-42/h11-15,25,30-32,34,37-39,41-43,51H,10,16-24,26-29H2,1-9H3,(H,48,52). The number of carbonyl (C=O) groups is 2. The molecule has 2 saturated carbocycles. The summed E-state index contributed by atoms with van der Waals surface area (Å²) in [5, 5.41) is 13.7. The number of nitrogens with zero attached hydrogens (tertiary/aromatic N) is 2. The number of aliphatic hydroxyl groups is 1. The lowest BCUT2D eigenvalue weighted by molar-refractivity contribution is -0.143. The number of likely N-dealkylation sites (N-methyl/N-ethyl adjacent to an activating group) is 1. The van der Waals surface area contributed by atoms with Crippen LogP contribution in [-0.4, -0.2) is 83.8 Å². The number of hydrogen-bond donors (Lipinski definition) is 2. The van der Waals surface area contributed by atoms with E-state index in [4.69, 9.17) is 4.74 Å². The van der Waals surface area contributed by atoms with E-state index in [1.54, 1.807) is 10.5 Å². The largest absolute Gasteiger partial charge is 0.389 e. The fourth-order valence-electron chi connectivity index (χ4n) is 12.1. The van der Waals surface area contributed by atoms with Crippen molar-refractivity contribution in [3.05, 3.63) is 58.7 Å². The van der Waals surface area contributed by atoms with Crippen molar-refractivity contribution in [3.8, 4) is 0 Å². The van der Waals surface area contributed by atoms with Crippen LogP contribution in [0.4, 0.5) is 0 Å². The molecule has 0 spiro atoms. The Bertz CT molecular complexity index is 1540. The highest BCUT2D eigenvalue weighted by Gasteiger charge is 2.53.